The van der Waals surface area contributed by atoms with E-state index in [0.29, 0.717) is 16.9 Å². The number of nitrogens with two attached hydrogens (primary N) is 1. The van der Waals surface area contributed by atoms with Crippen LogP contribution in [-0.2, 0) is 9.84 Å². The van der Waals surface area contributed by atoms with Gasteiger partial charge in [0.05, 0.1) is 11.1 Å². The Morgan fingerprint density at radius 3 is 2.45 bits per heavy atom. The van der Waals surface area contributed by atoms with Crippen molar-refractivity contribution in [1.29, 1.82) is 0 Å². The van der Waals surface area contributed by atoms with E-state index < -0.39 is 9.84 Å². The topological polar surface area (TPSA) is 145 Å². The van der Waals surface area contributed by atoms with Crippen molar-refractivity contribution in [3.63, 3.8) is 0 Å². The van der Waals surface area contributed by atoms with Gasteiger partial charge in [0.1, 0.15) is 5.52 Å². The molecule has 29 heavy (non-hydrogen) atoms. The SMILES string of the molecule is CS(=O)(=O)c1ccc(Nc2ncc3nc(NN)c(=O)n(C4CCCC4)c3n2)cc1. The molecule has 0 saturated heterocycles. The zero-order chi connectivity index (χ0) is 20.6. The summed E-state index contributed by atoms with van der Waals surface area (Å²) in [7, 11) is -3.27. The number of nitrogens with zero attached hydrogens (tertiary/aromatic N) is 4. The summed E-state index contributed by atoms with van der Waals surface area (Å²) in [6, 6.07) is 6.32. The van der Waals surface area contributed by atoms with Gasteiger partial charge in [-0.2, -0.15) is 4.98 Å². The van der Waals surface area contributed by atoms with Gasteiger partial charge in [-0.15, -0.1) is 0 Å². The fourth-order valence-corrected chi connectivity index (χ4v) is 4.20. The molecule has 10 nitrogen and oxygen atoms in total. The predicted octanol–water partition coefficient (Wildman–Crippen LogP) is 1.73. The minimum absolute atomic E-state index is 0.0388. The van der Waals surface area contributed by atoms with Gasteiger partial charge in [0, 0.05) is 18.0 Å². The second-order valence-electron chi connectivity index (χ2n) is 7.04. The van der Waals surface area contributed by atoms with Crippen molar-refractivity contribution in [1.82, 2.24) is 19.5 Å². The summed E-state index contributed by atoms with van der Waals surface area (Å²) in [5.41, 5.74) is 3.57. The first-order valence-electron chi connectivity index (χ1n) is 9.20. The first-order chi connectivity index (χ1) is 13.9. The molecule has 0 spiro atoms. The molecule has 1 aliphatic rings. The van der Waals surface area contributed by atoms with E-state index in [9.17, 15) is 13.2 Å². The van der Waals surface area contributed by atoms with Crippen molar-refractivity contribution in [3.05, 3.63) is 40.8 Å². The van der Waals surface area contributed by atoms with E-state index in [1.165, 1.54) is 18.3 Å². The third-order valence-corrected chi connectivity index (χ3v) is 6.13. The standard InChI is InChI=1S/C18H21N7O3S/c1-29(27,28)13-8-6-11(7-9-13)21-18-20-10-14-16(23-18)25(12-4-2-3-5-12)17(26)15(22-14)24-19/h6-10,12H,2-5,19H2,1H3,(H,22,24)(H,20,21,23). The summed E-state index contributed by atoms with van der Waals surface area (Å²) in [4.78, 5) is 26.0. The molecule has 1 fully saturated rings. The number of fused-ring (bicyclic) bond motifs is 1. The Morgan fingerprint density at radius 2 is 1.83 bits per heavy atom. The maximum absolute atomic E-state index is 12.8. The van der Waals surface area contributed by atoms with Gasteiger partial charge < -0.3 is 10.7 Å². The summed E-state index contributed by atoms with van der Waals surface area (Å²) < 4.78 is 24.8. The van der Waals surface area contributed by atoms with Crippen LogP contribution in [0.15, 0.2) is 40.2 Å². The highest BCUT2D eigenvalue weighted by molar-refractivity contribution is 7.90. The summed E-state index contributed by atoms with van der Waals surface area (Å²) in [5.74, 6) is 5.81. The van der Waals surface area contributed by atoms with Gasteiger partial charge in [-0.25, -0.2) is 24.2 Å². The number of sulfone groups is 1. The highest BCUT2D eigenvalue weighted by Gasteiger charge is 2.23. The Bertz CT molecular complexity index is 1220. The Labute approximate surface area is 167 Å². The second-order valence-corrected chi connectivity index (χ2v) is 9.06. The molecule has 152 valence electrons. The molecule has 4 rings (SSSR count). The minimum atomic E-state index is -3.27. The Kier molecular flexibility index (Phi) is 4.92. The molecular weight excluding hydrogens is 394 g/mol. The first kappa shape index (κ1) is 19.3. The van der Waals surface area contributed by atoms with Crippen molar-refractivity contribution in [2.45, 2.75) is 36.6 Å². The Morgan fingerprint density at radius 1 is 1.14 bits per heavy atom. The lowest BCUT2D eigenvalue weighted by molar-refractivity contribution is 0.515. The van der Waals surface area contributed by atoms with Crippen molar-refractivity contribution in [2.75, 3.05) is 17.0 Å². The van der Waals surface area contributed by atoms with Crippen LogP contribution in [-0.4, -0.2) is 34.2 Å². The summed E-state index contributed by atoms with van der Waals surface area (Å²) >= 11 is 0. The predicted molar refractivity (Wildman–Crippen MR) is 110 cm³/mol. The molecule has 0 bridgehead atoms. The molecule has 1 saturated carbocycles. The molecule has 0 radical (unpaired) electrons. The van der Waals surface area contributed by atoms with Crippen LogP contribution in [0, 0.1) is 0 Å². The number of hydrazine groups is 1. The van der Waals surface area contributed by atoms with Crippen LogP contribution in [0.3, 0.4) is 0 Å². The van der Waals surface area contributed by atoms with Crippen LogP contribution in [0.5, 0.6) is 0 Å². The van der Waals surface area contributed by atoms with Crippen LogP contribution in [0.25, 0.3) is 11.2 Å². The van der Waals surface area contributed by atoms with E-state index in [1.54, 1.807) is 16.7 Å². The average Bonchev–Trinajstić information content (AvgIpc) is 3.21. The summed E-state index contributed by atoms with van der Waals surface area (Å²) in [6.07, 6.45) is 6.57. The van der Waals surface area contributed by atoms with E-state index in [2.05, 4.69) is 25.7 Å². The molecule has 4 N–H and O–H groups in total. The third kappa shape index (κ3) is 3.78. The van der Waals surface area contributed by atoms with Gasteiger partial charge in [-0.05, 0) is 37.1 Å². The van der Waals surface area contributed by atoms with Crippen LogP contribution >= 0.6 is 0 Å². The number of hydrogen-bond donors (Lipinski definition) is 3. The van der Waals surface area contributed by atoms with E-state index in [-0.39, 0.29) is 28.3 Å². The fourth-order valence-electron chi connectivity index (χ4n) is 3.57. The largest absolute Gasteiger partial charge is 0.324 e. The molecule has 0 unspecified atom stereocenters. The van der Waals surface area contributed by atoms with Gasteiger partial charge in [-0.1, -0.05) is 12.8 Å². The van der Waals surface area contributed by atoms with Crippen LogP contribution in [0.1, 0.15) is 31.7 Å². The quantitative estimate of drug-likeness (QED) is 0.419. The van der Waals surface area contributed by atoms with E-state index >= 15 is 0 Å². The number of nitrogen functional groups attached to an aromatic ring is 1. The lowest BCUT2D eigenvalue weighted by Crippen LogP contribution is -2.30. The molecule has 1 aliphatic carbocycles. The number of hydrogen-bond acceptors (Lipinski definition) is 9. The zero-order valence-electron chi connectivity index (χ0n) is 15.8. The molecule has 0 amide bonds. The first-order valence-corrected chi connectivity index (χ1v) is 11.1. The normalized spacial score (nSPS) is 15.0. The summed E-state index contributed by atoms with van der Waals surface area (Å²) in [5, 5.41) is 3.04. The fraction of sp³-hybridized carbons (Fsp3) is 0.333. The number of aromatic nitrogens is 4. The highest BCUT2D eigenvalue weighted by Crippen LogP contribution is 2.30. The Hall–Kier alpha value is -3.05. The number of anilines is 3. The van der Waals surface area contributed by atoms with Crippen molar-refractivity contribution in [3.8, 4) is 0 Å². The van der Waals surface area contributed by atoms with E-state index in [1.807, 2.05) is 0 Å². The number of benzene rings is 1. The lowest BCUT2D eigenvalue weighted by Gasteiger charge is -2.17. The van der Waals surface area contributed by atoms with Crippen LogP contribution in [0.4, 0.5) is 17.5 Å². The van der Waals surface area contributed by atoms with Crippen LogP contribution < -0.4 is 22.1 Å². The minimum Gasteiger partial charge on any atom is -0.324 e. The molecule has 3 aromatic rings. The summed E-state index contributed by atoms with van der Waals surface area (Å²) in [6.45, 7) is 0. The average molecular weight is 415 g/mol. The van der Waals surface area contributed by atoms with Crippen molar-refractivity contribution in [2.24, 2.45) is 5.84 Å². The zero-order valence-corrected chi connectivity index (χ0v) is 16.6. The number of nitrogens with one attached hydrogen (secondary N) is 2. The van der Waals surface area contributed by atoms with E-state index in [4.69, 9.17) is 5.84 Å². The molecule has 11 heteroatoms. The Balaban J connectivity index is 1.75. The monoisotopic (exact) mass is 415 g/mol. The molecule has 2 aromatic heterocycles. The third-order valence-electron chi connectivity index (χ3n) is 5.00. The molecule has 2 heterocycles. The van der Waals surface area contributed by atoms with Crippen molar-refractivity contribution >= 4 is 38.5 Å². The lowest BCUT2D eigenvalue weighted by atomic mass is 10.2. The van der Waals surface area contributed by atoms with Gasteiger partial charge in [0.15, 0.2) is 15.5 Å². The molecule has 0 atom stereocenters. The molecular formula is C18H21N7O3S. The second kappa shape index (κ2) is 7.41. The van der Waals surface area contributed by atoms with E-state index in [0.717, 1.165) is 31.9 Å². The van der Waals surface area contributed by atoms with Crippen molar-refractivity contribution < 1.29 is 8.42 Å². The van der Waals surface area contributed by atoms with Crippen LogP contribution in [0.2, 0.25) is 0 Å². The number of rotatable bonds is 5. The van der Waals surface area contributed by atoms with Gasteiger partial charge in [0.25, 0.3) is 5.56 Å². The van der Waals surface area contributed by atoms with Gasteiger partial charge in [-0.3, -0.25) is 9.36 Å². The van der Waals surface area contributed by atoms with Gasteiger partial charge >= 0.3 is 0 Å². The molecule has 1 aromatic carbocycles. The smallest absolute Gasteiger partial charge is 0.296 e. The highest BCUT2D eigenvalue weighted by atomic mass is 32.2. The van der Waals surface area contributed by atoms with Gasteiger partial charge in [0.2, 0.25) is 11.8 Å². The maximum Gasteiger partial charge on any atom is 0.296 e. The molecule has 0 aliphatic heterocycles. The maximum atomic E-state index is 12.8.